The highest BCUT2D eigenvalue weighted by Gasteiger charge is 2.20. The molecule has 27 heavy (non-hydrogen) atoms. The Balaban J connectivity index is 2.62. The highest BCUT2D eigenvalue weighted by Crippen LogP contribution is 2.26. The summed E-state index contributed by atoms with van der Waals surface area (Å²) < 4.78 is 0. The molecule has 2 nitrogen and oxygen atoms in total. The summed E-state index contributed by atoms with van der Waals surface area (Å²) in [6.07, 6.45) is 12.4. The molecule has 0 bridgehead atoms. The highest BCUT2D eigenvalue weighted by atomic mass is 32.2. The molecule has 3 heteroatoms. The van der Waals surface area contributed by atoms with E-state index in [4.69, 9.17) is 0 Å². The van der Waals surface area contributed by atoms with E-state index in [1.54, 1.807) is 0 Å². The van der Waals surface area contributed by atoms with Crippen LogP contribution in [0.5, 0.6) is 0 Å². The first-order chi connectivity index (χ1) is 13.0. The minimum Gasteiger partial charge on any atom is -0.325 e. The third-order valence-electron chi connectivity index (χ3n) is 5.10. The quantitative estimate of drug-likeness (QED) is 0.331. The summed E-state index contributed by atoms with van der Waals surface area (Å²) in [6.45, 7) is 10.8. The average molecular weight is 392 g/mol. The zero-order chi connectivity index (χ0) is 20.1. The van der Waals surface area contributed by atoms with E-state index in [-0.39, 0.29) is 11.2 Å². The van der Waals surface area contributed by atoms with E-state index in [9.17, 15) is 4.79 Å². The summed E-state index contributed by atoms with van der Waals surface area (Å²) in [5.74, 6) is 1.29. The number of anilines is 1. The van der Waals surface area contributed by atoms with E-state index in [0.29, 0.717) is 0 Å². The largest absolute Gasteiger partial charge is 0.325 e. The number of hydrogen-bond acceptors (Lipinski definition) is 2. The van der Waals surface area contributed by atoms with Crippen LogP contribution in [-0.2, 0) is 4.79 Å². The lowest BCUT2D eigenvalue weighted by atomic mass is 10.0. The number of carbonyl (C=O) groups excluding carboxylic acids is 1. The molecule has 0 spiro atoms. The average Bonchev–Trinajstić information content (AvgIpc) is 2.62. The molecule has 1 atom stereocenters. The summed E-state index contributed by atoms with van der Waals surface area (Å²) in [5, 5.41) is 3.33. The highest BCUT2D eigenvalue weighted by molar-refractivity contribution is 8.00. The molecule has 0 saturated carbocycles. The molecule has 1 rings (SSSR count). The zero-order valence-corrected chi connectivity index (χ0v) is 19.1. The molecule has 0 radical (unpaired) electrons. The molecular weight excluding hydrogens is 350 g/mol. The Morgan fingerprint density at radius 1 is 0.889 bits per heavy atom. The van der Waals surface area contributed by atoms with Gasteiger partial charge in [0.1, 0.15) is 0 Å². The van der Waals surface area contributed by atoms with Crippen molar-refractivity contribution < 1.29 is 4.79 Å². The van der Waals surface area contributed by atoms with Gasteiger partial charge < -0.3 is 5.32 Å². The van der Waals surface area contributed by atoms with E-state index in [2.05, 4.69) is 52.1 Å². The molecule has 0 heterocycles. The van der Waals surface area contributed by atoms with E-state index in [1.807, 2.05) is 11.8 Å². The van der Waals surface area contributed by atoms with Gasteiger partial charge in [0.05, 0.1) is 5.25 Å². The number of hydrogen-bond donors (Lipinski definition) is 1. The van der Waals surface area contributed by atoms with Crippen LogP contribution >= 0.6 is 11.8 Å². The van der Waals surface area contributed by atoms with Gasteiger partial charge >= 0.3 is 0 Å². The minimum absolute atomic E-state index is 0.0770. The Bertz CT molecular complexity index is 532. The van der Waals surface area contributed by atoms with Crippen molar-refractivity contribution in [2.45, 2.75) is 104 Å². The molecule has 0 aliphatic rings. The molecule has 1 unspecified atom stereocenters. The molecule has 1 N–H and O–H groups in total. The molecule has 0 aliphatic heterocycles. The maximum absolute atomic E-state index is 13.0. The Morgan fingerprint density at radius 2 is 1.44 bits per heavy atom. The number of rotatable bonds is 14. The van der Waals surface area contributed by atoms with Crippen molar-refractivity contribution in [1.82, 2.24) is 0 Å². The standard InChI is InChI=1S/C24H41NOS/c1-6-8-10-12-14-16-27-22(15-13-11-9-7-2)24(26)25-23-20(4)17-19(3)18-21(23)5/h17-18,22H,6-16H2,1-5H3,(H,25,26). The fraction of sp³-hybridized carbons (Fsp3) is 0.708. The van der Waals surface area contributed by atoms with E-state index >= 15 is 0 Å². The van der Waals surface area contributed by atoms with Crippen molar-refractivity contribution in [2.24, 2.45) is 0 Å². The Hall–Kier alpha value is -0.960. The van der Waals surface area contributed by atoms with Crippen molar-refractivity contribution in [3.8, 4) is 0 Å². The van der Waals surface area contributed by atoms with Gasteiger partial charge in [-0.25, -0.2) is 0 Å². The monoisotopic (exact) mass is 391 g/mol. The van der Waals surface area contributed by atoms with Gasteiger partial charge in [0.15, 0.2) is 0 Å². The van der Waals surface area contributed by atoms with Crippen molar-refractivity contribution in [1.29, 1.82) is 0 Å². The number of unbranched alkanes of at least 4 members (excludes halogenated alkanes) is 7. The normalized spacial score (nSPS) is 12.2. The molecule has 1 amide bonds. The second-order valence-corrected chi connectivity index (χ2v) is 9.20. The smallest absolute Gasteiger partial charge is 0.237 e. The number of thioether (sulfide) groups is 1. The van der Waals surface area contributed by atoms with Gasteiger partial charge in [0.25, 0.3) is 0 Å². The SMILES string of the molecule is CCCCCCCSC(CCCCCC)C(=O)Nc1c(C)cc(C)cc1C. The first kappa shape index (κ1) is 24.1. The Kier molecular flexibility index (Phi) is 12.6. The van der Waals surface area contributed by atoms with Crippen molar-refractivity contribution in [3.05, 3.63) is 28.8 Å². The predicted molar refractivity (Wildman–Crippen MR) is 123 cm³/mol. The van der Waals surface area contributed by atoms with Gasteiger partial charge in [0.2, 0.25) is 5.91 Å². The van der Waals surface area contributed by atoms with E-state index in [0.717, 1.165) is 35.4 Å². The number of aryl methyl sites for hydroxylation is 3. The Labute approximate surface area is 172 Å². The maximum atomic E-state index is 13.0. The zero-order valence-electron chi connectivity index (χ0n) is 18.3. The van der Waals surface area contributed by atoms with Gasteiger partial charge in [-0.1, -0.05) is 82.9 Å². The molecule has 1 aromatic rings. The number of carbonyl (C=O) groups is 1. The van der Waals surface area contributed by atoms with Crippen molar-refractivity contribution >= 4 is 23.4 Å². The van der Waals surface area contributed by atoms with Crippen LogP contribution in [0.25, 0.3) is 0 Å². The van der Waals surface area contributed by atoms with Crippen molar-refractivity contribution in [2.75, 3.05) is 11.1 Å². The van der Waals surface area contributed by atoms with Crippen LogP contribution in [0.2, 0.25) is 0 Å². The van der Waals surface area contributed by atoms with Gasteiger partial charge in [-0.3, -0.25) is 4.79 Å². The number of nitrogens with one attached hydrogen (secondary N) is 1. The van der Waals surface area contributed by atoms with Crippen LogP contribution < -0.4 is 5.32 Å². The predicted octanol–water partition coefficient (Wildman–Crippen LogP) is 7.59. The van der Waals surface area contributed by atoms with E-state index in [1.165, 1.54) is 56.9 Å². The lowest BCUT2D eigenvalue weighted by molar-refractivity contribution is -0.115. The number of benzene rings is 1. The summed E-state index contributed by atoms with van der Waals surface area (Å²) in [7, 11) is 0. The third kappa shape index (κ3) is 9.69. The van der Waals surface area contributed by atoms with Gasteiger partial charge in [-0.2, -0.15) is 0 Å². The molecule has 1 aromatic carbocycles. The third-order valence-corrected chi connectivity index (χ3v) is 6.48. The lowest BCUT2D eigenvalue weighted by Crippen LogP contribution is -2.26. The van der Waals surface area contributed by atoms with Gasteiger partial charge in [-0.15, -0.1) is 11.8 Å². The topological polar surface area (TPSA) is 29.1 Å². The lowest BCUT2D eigenvalue weighted by Gasteiger charge is -2.19. The molecule has 0 saturated heterocycles. The van der Waals surface area contributed by atoms with E-state index < -0.39 is 0 Å². The van der Waals surface area contributed by atoms with Crippen molar-refractivity contribution in [3.63, 3.8) is 0 Å². The van der Waals surface area contributed by atoms with Crippen LogP contribution in [0, 0.1) is 20.8 Å². The summed E-state index contributed by atoms with van der Waals surface area (Å²) >= 11 is 1.87. The summed E-state index contributed by atoms with van der Waals surface area (Å²) in [6, 6.07) is 4.31. The molecule has 0 aliphatic carbocycles. The maximum Gasteiger partial charge on any atom is 0.237 e. The molecule has 0 aromatic heterocycles. The first-order valence-corrected chi connectivity index (χ1v) is 12.0. The van der Waals surface area contributed by atoms with Gasteiger partial charge in [0, 0.05) is 5.69 Å². The number of amides is 1. The van der Waals surface area contributed by atoms with Crippen LogP contribution in [0.3, 0.4) is 0 Å². The first-order valence-electron chi connectivity index (χ1n) is 11.0. The minimum atomic E-state index is 0.0770. The summed E-state index contributed by atoms with van der Waals surface area (Å²) in [5.41, 5.74) is 4.58. The van der Waals surface area contributed by atoms with Gasteiger partial charge in [-0.05, 0) is 50.5 Å². The fourth-order valence-electron chi connectivity index (χ4n) is 3.56. The molecule has 0 fully saturated rings. The van der Waals surface area contributed by atoms with Crippen LogP contribution in [-0.4, -0.2) is 16.9 Å². The second-order valence-electron chi connectivity index (χ2n) is 7.89. The molecule has 154 valence electrons. The van der Waals surface area contributed by atoms with Crippen LogP contribution in [0.15, 0.2) is 12.1 Å². The second kappa shape index (κ2) is 14.1. The fourth-order valence-corrected chi connectivity index (χ4v) is 4.76. The van der Waals surface area contributed by atoms with Crippen LogP contribution in [0.4, 0.5) is 5.69 Å². The van der Waals surface area contributed by atoms with Crippen LogP contribution in [0.1, 0.15) is 94.7 Å². The molecular formula is C24H41NOS. The Morgan fingerprint density at radius 3 is 2.04 bits per heavy atom. The summed E-state index contributed by atoms with van der Waals surface area (Å²) in [4.78, 5) is 13.0.